The van der Waals surface area contributed by atoms with Crippen LogP contribution in [-0.4, -0.2) is 89.9 Å². The van der Waals surface area contributed by atoms with Crippen molar-refractivity contribution in [2.24, 2.45) is 0 Å². The van der Waals surface area contributed by atoms with Crippen LogP contribution in [-0.2, 0) is 14.3 Å². The third kappa shape index (κ3) is 3.98. The molecule has 8 nitrogen and oxygen atoms in total. The lowest BCUT2D eigenvalue weighted by molar-refractivity contribution is -0.154. The van der Waals surface area contributed by atoms with Gasteiger partial charge in [0.1, 0.15) is 5.69 Å². The van der Waals surface area contributed by atoms with Gasteiger partial charge < -0.3 is 24.4 Å². The summed E-state index contributed by atoms with van der Waals surface area (Å²) >= 11 is 0. The van der Waals surface area contributed by atoms with Gasteiger partial charge in [0.25, 0.3) is 5.91 Å². The van der Waals surface area contributed by atoms with Gasteiger partial charge in [-0.2, -0.15) is 0 Å². The number of hydrogen-bond donors (Lipinski definition) is 1. The molecule has 2 fully saturated rings. The van der Waals surface area contributed by atoms with Gasteiger partial charge in [-0.15, -0.1) is 0 Å². The first-order valence-corrected chi connectivity index (χ1v) is 10.0. The molecule has 0 atom stereocenters. The molecule has 0 bridgehead atoms. The minimum absolute atomic E-state index is 0.0822. The maximum atomic E-state index is 12.8. The van der Waals surface area contributed by atoms with Gasteiger partial charge in [0, 0.05) is 57.3 Å². The van der Waals surface area contributed by atoms with E-state index in [0.717, 1.165) is 23.7 Å². The van der Waals surface area contributed by atoms with Gasteiger partial charge in [0.2, 0.25) is 0 Å². The molecular formula is C21H26N4O4. The molecule has 2 aliphatic rings. The van der Waals surface area contributed by atoms with E-state index in [9.17, 15) is 14.4 Å². The Balaban J connectivity index is 1.32. The van der Waals surface area contributed by atoms with Crippen LogP contribution in [0.4, 0.5) is 0 Å². The first-order chi connectivity index (χ1) is 14.1. The number of nitrogens with zero attached hydrogens (tertiary/aromatic N) is 3. The topological polar surface area (TPSA) is 85.9 Å². The van der Waals surface area contributed by atoms with E-state index in [4.69, 9.17) is 4.74 Å². The lowest BCUT2D eigenvalue weighted by Gasteiger charge is -2.36. The summed E-state index contributed by atoms with van der Waals surface area (Å²) in [5.74, 6) is -1.00. The summed E-state index contributed by atoms with van der Waals surface area (Å²) in [6, 6.07) is 9.60. The number of rotatable bonds is 2. The van der Waals surface area contributed by atoms with Crippen molar-refractivity contribution in [1.82, 2.24) is 19.7 Å². The van der Waals surface area contributed by atoms with Crippen LogP contribution < -0.4 is 0 Å². The number of benzene rings is 1. The molecule has 0 saturated carbocycles. The molecular weight excluding hydrogens is 372 g/mol. The molecule has 0 unspecified atom stereocenters. The Labute approximate surface area is 169 Å². The largest absolute Gasteiger partial charge is 0.381 e. The number of fused-ring (bicyclic) bond motifs is 1. The number of piperazine rings is 1. The van der Waals surface area contributed by atoms with Crippen molar-refractivity contribution in [1.29, 1.82) is 0 Å². The highest BCUT2D eigenvalue weighted by molar-refractivity contribution is 6.35. The predicted octanol–water partition coefficient (Wildman–Crippen LogP) is 1.09. The maximum absolute atomic E-state index is 12.8. The van der Waals surface area contributed by atoms with Crippen LogP contribution in [0, 0.1) is 0 Å². The molecule has 2 saturated heterocycles. The van der Waals surface area contributed by atoms with Crippen LogP contribution in [0.15, 0.2) is 30.3 Å². The quantitative estimate of drug-likeness (QED) is 0.768. The van der Waals surface area contributed by atoms with Crippen molar-refractivity contribution in [2.75, 3.05) is 46.4 Å². The number of piperidine rings is 1. The Morgan fingerprint density at radius 3 is 2.10 bits per heavy atom. The number of amides is 3. The fraction of sp³-hybridized carbons (Fsp3) is 0.476. The third-order valence-electron chi connectivity index (χ3n) is 5.86. The zero-order valence-electron chi connectivity index (χ0n) is 16.6. The fourth-order valence-electron chi connectivity index (χ4n) is 4.04. The van der Waals surface area contributed by atoms with E-state index in [0.29, 0.717) is 45.0 Å². The normalized spacial score (nSPS) is 18.3. The van der Waals surface area contributed by atoms with Gasteiger partial charge in [-0.1, -0.05) is 18.2 Å². The summed E-state index contributed by atoms with van der Waals surface area (Å²) in [6.07, 6.45) is 1.67. The van der Waals surface area contributed by atoms with Gasteiger partial charge in [-0.05, 0) is 25.0 Å². The molecule has 0 spiro atoms. The van der Waals surface area contributed by atoms with Crippen molar-refractivity contribution >= 4 is 28.6 Å². The van der Waals surface area contributed by atoms with Gasteiger partial charge in [0.05, 0.1) is 6.10 Å². The third-order valence-corrected chi connectivity index (χ3v) is 5.86. The number of para-hydroxylation sites is 1. The number of carbonyl (C=O) groups excluding carboxylic acids is 3. The Kier molecular flexibility index (Phi) is 5.53. The summed E-state index contributed by atoms with van der Waals surface area (Å²) in [5, 5.41) is 0.993. The molecule has 3 heterocycles. The van der Waals surface area contributed by atoms with Gasteiger partial charge in [-0.25, -0.2) is 0 Å². The second kappa shape index (κ2) is 8.24. The van der Waals surface area contributed by atoms with Crippen LogP contribution in [0.2, 0.25) is 0 Å². The van der Waals surface area contributed by atoms with E-state index in [-0.39, 0.29) is 12.0 Å². The van der Waals surface area contributed by atoms with Crippen LogP contribution >= 0.6 is 0 Å². The summed E-state index contributed by atoms with van der Waals surface area (Å²) < 4.78 is 5.31. The molecule has 29 heavy (non-hydrogen) atoms. The molecule has 1 N–H and O–H groups in total. The number of aromatic nitrogens is 1. The SMILES string of the molecule is COC1CCN(C(=O)C(=O)N2CCN(C(=O)c3cc4ccccc4[nH]3)CC2)CC1. The standard InChI is InChI=1S/C21H26N4O4/c1-29-16-6-8-23(9-7-16)20(27)21(28)25-12-10-24(11-13-25)19(26)18-14-15-4-2-3-5-17(15)22-18/h2-5,14,16,22H,6-13H2,1H3. The summed E-state index contributed by atoms with van der Waals surface area (Å²) in [4.78, 5) is 46.0. The van der Waals surface area contributed by atoms with Crippen LogP contribution in [0.3, 0.4) is 0 Å². The smallest absolute Gasteiger partial charge is 0.312 e. The van der Waals surface area contributed by atoms with Crippen molar-refractivity contribution < 1.29 is 19.1 Å². The van der Waals surface area contributed by atoms with E-state index < -0.39 is 11.8 Å². The zero-order valence-corrected chi connectivity index (χ0v) is 16.6. The van der Waals surface area contributed by atoms with Crippen molar-refractivity contribution in [3.8, 4) is 0 Å². The Bertz CT molecular complexity index is 875. The summed E-state index contributed by atoms with van der Waals surface area (Å²) in [6.45, 7) is 2.65. The summed E-state index contributed by atoms with van der Waals surface area (Å²) in [5.41, 5.74) is 1.47. The van der Waals surface area contributed by atoms with Crippen LogP contribution in [0.25, 0.3) is 10.9 Å². The molecule has 4 rings (SSSR count). The molecule has 0 aliphatic carbocycles. The second-order valence-electron chi connectivity index (χ2n) is 7.58. The van der Waals surface area contributed by atoms with Crippen LogP contribution in [0.1, 0.15) is 23.3 Å². The summed E-state index contributed by atoms with van der Waals surface area (Å²) in [7, 11) is 1.67. The molecule has 2 aromatic rings. The van der Waals surface area contributed by atoms with Crippen LogP contribution in [0.5, 0.6) is 0 Å². The first-order valence-electron chi connectivity index (χ1n) is 10.0. The number of hydrogen-bond acceptors (Lipinski definition) is 4. The molecule has 3 amide bonds. The fourth-order valence-corrected chi connectivity index (χ4v) is 4.04. The molecule has 1 aromatic carbocycles. The number of H-pyrrole nitrogens is 1. The molecule has 0 radical (unpaired) electrons. The van der Waals surface area contributed by atoms with E-state index in [1.807, 2.05) is 30.3 Å². The van der Waals surface area contributed by atoms with Crippen molar-refractivity contribution in [3.05, 3.63) is 36.0 Å². The Morgan fingerprint density at radius 1 is 0.897 bits per heavy atom. The number of nitrogens with one attached hydrogen (secondary N) is 1. The lowest BCUT2D eigenvalue weighted by atomic mass is 10.1. The number of carbonyl (C=O) groups is 3. The van der Waals surface area contributed by atoms with Gasteiger partial charge >= 0.3 is 11.8 Å². The highest BCUT2D eigenvalue weighted by Crippen LogP contribution is 2.18. The number of ether oxygens (including phenoxy) is 1. The molecule has 2 aliphatic heterocycles. The number of methoxy groups -OCH3 is 1. The molecule has 154 valence electrons. The van der Waals surface area contributed by atoms with E-state index in [1.54, 1.807) is 21.8 Å². The predicted molar refractivity (Wildman–Crippen MR) is 107 cm³/mol. The Hall–Kier alpha value is -2.87. The average molecular weight is 398 g/mol. The minimum atomic E-state index is -0.474. The van der Waals surface area contributed by atoms with E-state index >= 15 is 0 Å². The Morgan fingerprint density at radius 2 is 1.48 bits per heavy atom. The molecule has 1 aromatic heterocycles. The average Bonchev–Trinajstić information content (AvgIpc) is 3.22. The molecule has 8 heteroatoms. The van der Waals surface area contributed by atoms with Crippen molar-refractivity contribution in [3.63, 3.8) is 0 Å². The first kappa shape index (κ1) is 19.4. The van der Waals surface area contributed by atoms with E-state index in [1.165, 1.54) is 0 Å². The lowest BCUT2D eigenvalue weighted by Crippen LogP contribution is -2.55. The maximum Gasteiger partial charge on any atom is 0.312 e. The van der Waals surface area contributed by atoms with Gasteiger partial charge in [-0.3, -0.25) is 14.4 Å². The number of aromatic amines is 1. The minimum Gasteiger partial charge on any atom is -0.381 e. The number of likely N-dealkylation sites (tertiary alicyclic amines) is 1. The van der Waals surface area contributed by atoms with Crippen molar-refractivity contribution in [2.45, 2.75) is 18.9 Å². The zero-order chi connectivity index (χ0) is 20.4. The highest BCUT2D eigenvalue weighted by Gasteiger charge is 2.33. The van der Waals surface area contributed by atoms with E-state index in [2.05, 4.69) is 4.98 Å². The second-order valence-corrected chi connectivity index (χ2v) is 7.58. The monoisotopic (exact) mass is 398 g/mol. The highest BCUT2D eigenvalue weighted by atomic mass is 16.5. The van der Waals surface area contributed by atoms with Gasteiger partial charge in [0.15, 0.2) is 0 Å².